The van der Waals surface area contributed by atoms with E-state index < -0.39 is 0 Å². The first-order chi connectivity index (χ1) is 15.6. The van der Waals surface area contributed by atoms with Crippen LogP contribution in [0.4, 0.5) is 0 Å². The van der Waals surface area contributed by atoms with E-state index in [4.69, 9.17) is 4.98 Å². The molecule has 1 N–H and O–H groups in total. The lowest BCUT2D eigenvalue weighted by atomic mass is 10.1. The molecule has 6 nitrogen and oxygen atoms in total. The number of benzene rings is 1. The summed E-state index contributed by atoms with van der Waals surface area (Å²) in [5, 5.41) is 2.12. The monoisotopic (exact) mass is 448 g/mol. The molecule has 2 aliphatic heterocycles. The second kappa shape index (κ2) is 9.00. The van der Waals surface area contributed by atoms with Crippen molar-refractivity contribution in [3.05, 3.63) is 85.2 Å². The molecule has 1 aromatic carbocycles. The van der Waals surface area contributed by atoms with Crippen LogP contribution in [0.5, 0.6) is 0 Å². The van der Waals surface area contributed by atoms with Gasteiger partial charge in [0.2, 0.25) is 5.91 Å². The maximum absolute atomic E-state index is 13.0. The average molecular weight is 449 g/mol. The number of carbonyl (C=O) groups is 1. The highest BCUT2D eigenvalue weighted by molar-refractivity contribution is 7.10. The van der Waals surface area contributed by atoms with Crippen LogP contribution in [0.3, 0.4) is 0 Å². The molecule has 0 aliphatic carbocycles. The van der Waals surface area contributed by atoms with E-state index in [9.17, 15) is 9.59 Å². The Morgan fingerprint density at radius 3 is 2.84 bits per heavy atom. The van der Waals surface area contributed by atoms with Gasteiger partial charge in [-0.05, 0) is 42.3 Å². The quantitative estimate of drug-likeness (QED) is 0.648. The van der Waals surface area contributed by atoms with E-state index in [1.54, 1.807) is 11.3 Å². The van der Waals surface area contributed by atoms with E-state index in [1.807, 2.05) is 35.2 Å². The Labute approximate surface area is 191 Å². The fourth-order valence-corrected chi connectivity index (χ4v) is 5.73. The van der Waals surface area contributed by atoms with E-state index >= 15 is 0 Å². The SMILES string of the molecule is Cc1ccsc1CN1CCc2nc(C3CCCN3C(=O)Cc3ccccc3)[nH]c(=O)c2C1. The van der Waals surface area contributed by atoms with Crippen molar-refractivity contribution >= 4 is 17.2 Å². The molecule has 0 radical (unpaired) electrons. The van der Waals surface area contributed by atoms with Gasteiger partial charge in [-0.25, -0.2) is 4.98 Å². The van der Waals surface area contributed by atoms with Gasteiger partial charge in [0.25, 0.3) is 5.56 Å². The van der Waals surface area contributed by atoms with E-state index in [0.29, 0.717) is 25.3 Å². The van der Waals surface area contributed by atoms with Gasteiger partial charge in [0.15, 0.2) is 0 Å². The van der Waals surface area contributed by atoms with Crippen molar-refractivity contribution in [3.63, 3.8) is 0 Å². The molecule has 0 bridgehead atoms. The van der Waals surface area contributed by atoms with Crippen molar-refractivity contribution in [1.82, 2.24) is 19.8 Å². The molecule has 1 unspecified atom stereocenters. The van der Waals surface area contributed by atoms with E-state index in [0.717, 1.165) is 49.2 Å². The highest BCUT2D eigenvalue weighted by Crippen LogP contribution is 2.31. The van der Waals surface area contributed by atoms with Crippen molar-refractivity contribution in [3.8, 4) is 0 Å². The molecule has 2 aliphatic rings. The van der Waals surface area contributed by atoms with Gasteiger partial charge in [0.1, 0.15) is 5.82 Å². The highest BCUT2D eigenvalue weighted by atomic mass is 32.1. The number of aryl methyl sites for hydroxylation is 1. The Morgan fingerprint density at radius 2 is 2.06 bits per heavy atom. The third kappa shape index (κ3) is 4.27. The first-order valence-corrected chi connectivity index (χ1v) is 12.2. The molecule has 32 heavy (non-hydrogen) atoms. The summed E-state index contributed by atoms with van der Waals surface area (Å²) in [5.74, 6) is 0.742. The van der Waals surface area contributed by atoms with Crippen LogP contribution in [0.2, 0.25) is 0 Å². The summed E-state index contributed by atoms with van der Waals surface area (Å²) in [6.45, 7) is 5.23. The number of likely N-dealkylation sites (tertiary alicyclic amines) is 1. The van der Waals surface area contributed by atoms with Gasteiger partial charge in [0.05, 0.1) is 23.7 Å². The van der Waals surface area contributed by atoms with Gasteiger partial charge >= 0.3 is 0 Å². The third-order valence-corrected chi connectivity index (χ3v) is 7.60. The second-order valence-corrected chi connectivity index (χ2v) is 9.77. The lowest BCUT2D eigenvalue weighted by molar-refractivity contribution is -0.131. The summed E-state index contributed by atoms with van der Waals surface area (Å²) < 4.78 is 0. The molecule has 1 saturated heterocycles. The van der Waals surface area contributed by atoms with Gasteiger partial charge in [-0.3, -0.25) is 14.5 Å². The summed E-state index contributed by atoms with van der Waals surface area (Å²) in [6.07, 6.45) is 2.91. The Morgan fingerprint density at radius 1 is 1.22 bits per heavy atom. The molecule has 7 heteroatoms. The van der Waals surface area contributed by atoms with Gasteiger partial charge in [0, 0.05) is 37.5 Å². The largest absolute Gasteiger partial charge is 0.332 e. The van der Waals surface area contributed by atoms with E-state index in [2.05, 4.69) is 28.3 Å². The second-order valence-electron chi connectivity index (χ2n) is 8.77. The number of thiophene rings is 1. The summed E-state index contributed by atoms with van der Waals surface area (Å²) in [4.78, 5) is 39.5. The minimum absolute atomic E-state index is 0.0556. The summed E-state index contributed by atoms with van der Waals surface area (Å²) in [5.41, 5.74) is 3.93. The fourth-order valence-electron chi connectivity index (χ4n) is 4.78. The van der Waals surface area contributed by atoms with Gasteiger partial charge in [-0.15, -0.1) is 11.3 Å². The van der Waals surface area contributed by atoms with Crippen LogP contribution in [0.15, 0.2) is 46.6 Å². The zero-order valence-electron chi connectivity index (χ0n) is 18.3. The molecule has 0 saturated carbocycles. The zero-order chi connectivity index (χ0) is 22.1. The van der Waals surface area contributed by atoms with Crippen molar-refractivity contribution in [1.29, 1.82) is 0 Å². The number of hydrogen-bond donors (Lipinski definition) is 1. The van der Waals surface area contributed by atoms with Crippen molar-refractivity contribution < 1.29 is 4.79 Å². The molecule has 166 valence electrons. The number of hydrogen-bond acceptors (Lipinski definition) is 5. The number of nitrogens with zero attached hydrogens (tertiary/aromatic N) is 3. The molecule has 0 spiro atoms. The molecule has 5 rings (SSSR count). The Bertz CT molecular complexity index is 1170. The lowest BCUT2D eigenvalue weighted by Gasteiger charge is -2.29. The Kier molecular flexibility index (Phi) is 5.93. The summed E-state index contributed by atoms with van der Waals surface area (Å²) in [7, 11) is 0. The standard InChI is InChI=1S/C25H28N4O2S/c1-17-10-13-32-22(17)16-28-12-9-20-19(15-28)25(31)27-24(26-20)21-8-5-11-29(21)23(30)14-18-6-3-2-4-7-18/h2-4,6-7,10,13,21H,5,8-9,11-12,14-16H2,1H3,(H,26,27,31). The topological polar surface area (TPSA) is 69.3 Å². The van der Waals surface area contributed by atoms with Crippen LogP contribution < -0.4 is 5.56 Å². The molecule has 1 fully saturated rings. The molecule has 1 atom stereocenters. The third-order valence-electron chi connectivity index (χ3n) is 6.59. The van der Waals surface area contributed by atoms with Crippen molar-refractivity contribution in [2.45, 2.75) is 51.7 Å². The Balaban J connectivity index is 1.33. The van der Waals surface area contributed by atoms with Crippen LogP contribution in [0, 0.1) is 6.92 Å². The molecule has 1 amide bonds. The minimum atomic E-state index is -0.143. The van der Waals surface area contributed by atoms with Crippen LogP contribution in [0.1, 0.15) is 52.0 Å². The molecule has 2 aromatic heterocycles. The average Bonchev–Trinajstić information content (AvgIpc) is 3.44. The smallest absolute Gasteiger partial charge is 0.255 e. The number of H-pyrrole nitrogens is 1. The first kappa shape index (κ1) is 21.1. The number of carbonyl (C=O) groups excluding carboxylic acids is 1. The Hall–Kier alpha value is -2.77. The molecular weight excluding hydrogens is 420 g/mol. The molecular formula is C25H28N4O2S. The van der Waals surface area contributed by atoms with E-state index in [-0.39, 0.29) is 17.5 Å². The number of rotatable bonds is 5. The van der Waals surface area contributed by atoms with Crippen molar-refractivity contribution in [2.24, 2.45) is 0 Å². The fraction of sp³-hybridized carbons (Fsp3) is 0.400. The van der Waals surface area contributed by atoms with Crippen LogP contribution in [-0.2, 0) is 30.7 Å². The van der Waals surface area contributed by atoms with Crippen LogP contribution in [-0.4, -0.2) is 38.8 Å². The normalized spacial score (nSPS) is 18.7. The first-order valence-electron chi connectivity index (χ1n) is 11.3. The molecule has 4 heterocycles. The number of fused-ring (bicyclic) bond motifs is 1. The van der Waals surface area contributed by atoms with Crippen LogP contribution in [0.25, 0.3) is 0 Å². The number of amides is 1. The minimum Gasteiger partial charge on any atom is -0.332 e. The number of aromatic nitrogens is 2. The van der Waals surface area contributed by atoms with E-state index in [1.165, 1.54) is 10.4 Å². The van der Waals surface area contributed by atoms with Gasteiger partial charge < -0.3 is 9.88 Å². The maximum Gasteiger partial charge on any atom is 0.255 e. The lowest BCUT2D eigenvalue weighted by Crippen LogP contribution is -2.38. The van der Waals surface area contributed by atoms with Gasteiger partial charge in [-0.2, -0.15) is 0 Å². The van der Waals surface area contributed by atoms with Crippen molar-refractivity contribution in [2.75, 3.05) is 13.1 Å². The van der Waals surface area contributed by atoms with Crippen LogP contribution >= 0.6 is 11.3 Å². The molecule has 3 aromatic rings. The highest BCUT2D eigenvalue weighted by Gasteiger charge is 2.33. The number of nitrogens with one attached hydrogen (secondary N) is 1. The predicted molar refractivity (Wildman–Crippen MR) is 126 cm³/mol. The maximum atomic E-state index is 13.0. The summed E-state index contributed by atoms with van der Waals surface area (Å²) >= 11 is 1.77. The van der Waals surface area contributed by atoms with Gasteiger partial charge in [-0.1, -0.05) is 30.3 Å². The predicted octanol–water partition coefficient (Wildman–Crippen LogP) is 3.60. The zero-order valence-corrected chi connectivity index (χ0v) is 19.2. The summed E-state index contributed by atoms with van der Waals surface area (Å²) in [6, 6.07) is 11.8. The number of aromatic amines is 1.